The van der Waals surface area contributed by atoms with E-state index in [1.807, 2.05) is 37.3 Å². The maximum atomic E-state index is 15.3. The number of rotatable bonds is 28. The number of phenolic OH excluding ortho intramolecular Hbond substituents is 1. The van der Waals surface area contributed by atoms with Gasteiger partial charge in [-0.2, -0.15) is 0 Å². The first-order valence-corrected chi connectivity index (χ1v) is 43.3. The number of epoxide rings is 1. The molecular formula is C87H113ClN10O20S2. The van der Waals surface area contributed by atoms with E-state index in [4.69, 9.17) is 41.0 Å². The molecule has 0 spiro atoms. The third kappa shape index (κ3) is 25.2. The molecule has 0 radical (unpaired) electrons. The molecule has 0 saturated carbocycles. The number of phenols is 1. The number of carbonyl (C=O) groups is 12. The van der Waals surface area contributed by atoms with E-state index in [1.54, 1.807) is 86.8 Å². The zero-order chi connectivity index (χ0) is 87.3. The Kier molecular flexibility index (Phi) is 34.3. The van der Waals surface area contributed by atoms with Gasteiger partial charge in [0.15, 0.2) is 11.6 Å². The second kappa shape index (κ2) is 43.7. The monoisotopic (exact) mass is 1720 g/mol. The summed E-state index contributed by atoms with van der Waals surface area (Å²) in [5.74, 6) is -10.3. The average Bonchev–Trinajstić information content (AvgIpc) is 1.57. The third-order valence-electron chi connectivity index (χ3n) is 22.9. The molecule has 3 fully saturated rings. The number of aliphatic hydroxyl groups excluding tert-OH is 1. The Morgan fingerprint density at radius 3 is 2.17 bits per heavy atom. The summed E-state index contributed by atoms with van der Waals surface area (Å²) < 4.78 is 29.8. The van der Waals surface area contributed by atoms with Gasteiger partial charge in [-0.1, -0.05) is 131 Å². The van der Waals surface area contributed by atoms with Crippen molar-refractivity contribution < 1.29 is 96.5 Å². The molecule has 4 aromatic carbocycles. The zero-order valence-corrected chi connectivity index (χ0v) is 71.9. The minimum atomic E-state index is -1.67. The molecule has 0 unspecified atom stereocenters. The number of anilines is 1. The first-order valence-electron chi connectivity index (χ1n) is 40.5. The van der Waals surface area contributed by atoms with Crippen LogP contribution in [0.25, 0.3) is 10.9 Å². The van der Waals surface area contributed by atoms with Crippen molar-refractivity contribution in [3.8, 4) is 11.5 Å². The molecule has 650 valence electrons. The first kappa shape index (κ1) is 94.2. The Balaban J connectivity index is 0.831. The van der Waals surface area contributed by atoms with Crippen LogP contribution in [0.1, 0.15) is 128 Å². The van der Waals surface area contributed by atoms with Crippen molar-refractivity contribution in [3.63, 3.8) is 0 Å². The van der Waals surface area contributed by atoms with Crippen LogP contribution in [0.5, 0.6) is 11.5 Å². The number of carbonyl (C=O) groups excluding carboxylic acids is 12. The van der Waals surface area contributed by atoms with E-state index >= 15 is 14.4 Å². The number of fused-ring (bicyclic) bond motifs is 6. The standard InChI is InChI=1S/C87H113ClN10O20S2/c1-50-19-18-25-71(115-10)87(113)46-70(116-77(107)47-87)51(2)80-86(5,118-80)72(45-76(106)97(7)66-40-56(37-50)41-69(114-9)78(66)88)117-85(112)52(3)96(6)75(105)32-36-119-120-49-74(104)91-35-34-90-73(103)31-30-65-68(102)44-58(38-55-26-28-60(100)29-27-55)82(109)93-63(42-59-48-92-62-24-15-14-23-61(59)62)67(101)43-57(22-16-17-33-89)81(108)95-79(53(4)99)83(110)94-64(84(111)98(65)8)39-54-20-12-11-13-21-54/h11-15,18-21,23-29,40-41,48,51-53,57-58,63-65,70-72,79-80,92,99-100,113H,16-17,22,30-39,42-47,49,89H2,1-10H3,(H,90,103)(H,91,104)(H,93,109)(H,94,110)(H,95,108)/b25-18+,50-19+/t51-,52+,53-,57-,58-,63-,64+,65+,70+,71-,72+,79+,80+,86+,87-/m1/s1. The highest BCUT2D eigenvalue weighted by Gasteiger charge is 2.65. The van der Waals surface area contributed by atoms with Crippen molar-refractivity contribution in [1.82, 2.24) is 41.4 Å². The number of methoxy groups -OCH3 is 2. The SMILES string of the molecule is COc1cc2cc(c1Cl)N(C)C(=O)C[C@H](OC(=O)[C@H](C)N(C)C(=O)CCSSCC(=O)NCCNC(=O)CC[C@H]1C(=O)C[C@@H](Cc3ccc(O)cc3)C(=O)N[C@H](Cc3c[nH]c4ccccc34)C(=O)C[C@@H](CCCCN)C(=O)N[C@@H]([C@@H](C)O)C(=O)N[C@@H](Cc3ccccc3)C(=O)N1C)[C@]1(C)O[C@H]1[C@H](C)[C@@H]1C[C@@](O)(CC(=O)O1)[C@H](OC)/C=C/C=C(\C)C2. The van der Waals surface area contributed by atoms with Gasteiger partial charge in [-0.3, -0.25) is 52.7 Å². The number of unbranched alkanes of at least 4 members (excludes halogenated alkanes) is 1. The smallest absolute Gasteiger partial charge is 0.328 e. The molecule has 3 saturated heterocycles. The fourth-order valence-electron chi connectivity index (χ4n) is 15.6. The number of aromatic amines is 1. The van der Waals surface area contributed by atoms with Crippen molar-refractivity contribution in [1.29, 1.82) is 0 Å². The van der Waals surface area contributed by atoms with Gasteiger partial charge in [0.1, 0.15) is 64.2 Å². The lowest BCUT2D eigenvalue weighted by atomic mass is 9.78. The number of para-hydroxylation sites is 1. The molecule has 30 nitrogen and oxygen atoms in total. The number of ether oxygens (including phenoxy) is 5. The largest absolute Gasteiger partial charge is 0.508 e. The van der Waals surface area contributed by atoms with Gasteiger partial charge in [0, 0.05) is 127 Å². The van der Waals surface area contributed by atoms with E-state index in [9.17, 15) is 58.5 Å². The maximum Gasteiger partial charge on any atom is 0.328 e. The van der Waals surface area contributed by atoms with Gasteiger partial charge in [-0.05, 0) is 119 Å². The molecule has 8 amide bonds. The zero-order valence-electron chi connectivity index (χ0n) is 69.5. The number of allylic oxidation sites excluding steroid dienone is 3. The summed E-state index contributed by atoms with van der Waals surface area (Å²) >= 11 is 6.88. The van der Waals surface area contributed by atoms with Crippen molar-refractivity contribution >= 4 is 121 Å². The molecule has 5 heterocycles. The number of hydrogen-bond acceptors (Lipinski definition) is 23. The lowest BCUT2D eigenvalue weighted by Gasteiger charge is -2.41. The number of esters is 2. The normalized spacial score (nSPS) is 26.2. The van der Waals surface area contributed by atoms with Gasteiger partial charge in [-0.15, -0.1) is 0 Å². The van der Waals surface area contributed by atoms with Crippen LogP contribution in [-0.4, -0.2) is 239 Å². The first-order chi connectivity index (χ1) is 57.1. The number of ketones is 2. The van der Waals surface area contributed by atoms with Gasteiger partial charge >= 0.3 is 11.9 Å². The molecule has 9 rings (SSSR count). The summed E-state index contributed by atoms with van der Waals surface area (Å²) in [6.45, 7) is 8.31. The summed E-state index contributed by atoms with van der Waals surface area (Å²) in [4.78, 5) is 180. The van der Waals surface area contributed by atoms with Crippen LogP contribution in [0, 0.1) is 17.8 Å². The van der Waals surface area contributed by atoms with E-state index < -0.39 is 180 Å². The van der Waals surface area contributed by atoms with Crippen molar-refractivity contribution in [2.75, 3.05) is 71.4 Å². The number of aromatic nitrogens is 1. The van der Waals surface area contributed by atoms with Gasteiger partial charge < -0.3 is 91.0 Å². The van der Waals surface area contributed by atoms with Crippen LogP contribution in [0.15, 0.2) is 121 Å². The molecule has 4 bridgehead atoms. The summed E-state index contributed by atoms with van der Waals surface area (Å²) in [6.07, 6.45) is 0.300. The number of aliphatic hydroxyl groups is 2. The number of benzene rings is 4. The number of H-pyrrole nitrogens is 1. The Morgan fingerprint density at radius 2 is 1.48 bits per heavy atom. The second-order valence-electron chi connectivity index (χ2n) is 31.7. The van der Waals surface area contributed by atoms with E-state index in [0.717, 1.165) is 37.7 Å². The highest BCUT2D eigenvalue weighted by atomic mass is 35.5. The van der Waals surface area contributed by atoms with Gasteiger partial charge in [0.05, 0.1) is 55.7 Å². The molecule has 4 aliphatic rings. The highest BCUT2D eigenvalue weighted by Crippen LogP contribution is 2.50. The highest BCUT2D eigenvalue weighted by molar-refractivity contribution is 8.76. The van der Waals surface area contributed by atoms with E-state index in [-0.39, 0.29) is 99.7 Å². The number of nitrogens with zero attached hydrogens (tertiary/aromatic N) is 3. The molecule has 1 aromatic heterocycles. The summed E-state index contributed by atoms with van der Waals surface area (Å²) in [6, 6.07) is 18.5. The lowest BCUT2D eigenvalue weighted by molar-refractivity contribution is -0.187. The van der Waals surface area contributed by atoms with Crippen LogP contribution in [0.2, 0.25) is 5.02 Å². The quantitative estimate of drug-likeness (QED) is 0.0112. The van der Waals surface area contributed by atoms with Crippen LogP contribution >= 0.6 is 33.2 Å². The van der Waals surface area contributed by atoms with Crippen molar-refractivity contribution in [2.24, 2.45) is 23.5 Å². The molecule has 11 N–H and O–H groups in total. The number of nitrogens with two attached hydrogens (primary N) is 1. The Bertz CT molecular complexity index is 4550. The predicted molar refractivity (Wildman–Crippen MR) is 454 cm³/mol. The molecule has 0 aliphatic carbocycles. The van der Waals surface area contributed by atoms with Crippen LogP contribution in [0.4, 0.5) is 5.69 Å². The number of hydrogen-bond donors (Lipinski definition) is 10. The van der Waals surface area contributed by atoms with Crippen LogP contribution < -0.4 is 42.0 Å². The molecule has 4 aliphatic heterocycles. The summed E-state index contributed by atoms with van der Waals surface area (Å²) in [7, 11) is 9.58. The molecule has 33 heteroatoms. The number of amides is 8. The average molecular weight is 1720 g/mol. The Hall–Kier alpha value is -9.67. The minimum Gasteiger partial charge on any atom is -0.508 e. The van der Waals surface area contributed by atoms with Gasteiger partial charge in [0.2, 0.25) is 47.3 Å². The lowest BCUT2D eigenvalue weighted by Crippen LogP contribution is -2.59. The number of halogens is 1. The second-order valence-corrected chi connectivity index (χ2v) is 34.7. The number of aromatic hydroxyl groups is 1. The molecular weight excluding hydrogens is 1600 g/mol. The van der Waals surface area contributed by atoms with Gasteiger partial charge in [-0.25, -0.2) is 4.79 Å². The topological polar surface area (TPSA) is 427 Å². The number of nitrogens with one attached hydrogen (secondary N) is 6. The molecule has 5 aromatic rings. The van der Waals surface area contributed by atoms with E-state index in [2.05, 4.69) is 31.6 Å². The number of likely N-dealkylation sites (N-methyl/N-ethyl adjacent to an activating group) is 2. The molecule has 120 heavy (non-hydrogen) atoms. The van der Waals surface area contributed by atoms with Crippen molar-refractivity contribution in [3.05, 3.63) is 148 Å². The van der Waals surface area contributed by atoms with E-state index in [1.165, 1.54) is 81.9 Å². The third-order valence-corrected chi connectivity index (χ3v) is 25.5. The number of Topliss-reactive ketones (excluding diaryl/α,β-unsaturated/α-hetero) is 2. The Morgan fingerprint density at radius 1 is 0.800 bits per heavy atom. The Labute approximate surface area is 712 Å². The minimum absolute atomic E-state index is 0.0249. The summed E-state index contributed by atoms with van der Waals surface area (Å²) in [5, 5.41) is 48.3. The maximum absolute atomic E-state index is 15.3. The fraction of sp³-hybridized carbons (Fsp3) is 0.517. The van der Waals surface area contributed by atoms with E-state index in [0.29, 0.717) is 47.4 Å². The predicted octanol–water partition coefficient (Wildman–Crippen LogP) is 6.42. The fourth-order valence-corrected chi connectivity index (χ4v) is 17.7. The van der Waals surface area contributed by atoms with Crippen molar-refractivity contribution in [2.45, 2.75) is 203 Å². The summed E-state index contributed by atoms with van der Waals surface area (Å²) in [5.41, 5.74) is 7.36. The van der Waals surface area contributed by atoms with Crippen LogP contribution in [0.3, 0.4) is 0 Å². The van der Waals surface area contributed by atoms with Crippen LogP contribution in [-0.2, 0) is 102 Å². The molecule has 15 atom stereocenters. The van der Waals surface area contributed by atoms with Gasteiger partial charge in [0.25, 0.3) is 0 Å².